The maximum atomic E-state index is 6.40. The molecule has 2 fully saturated rings. The number of hydrogen-bond acceptors (Lipinski definition) is 2. The number of nitrogens with zero attached hydrogens (tertiary/aromatic N) is 1. The van der Waals surface area contributed by atoms with Gasteiger partial charge < -0.3 is 4.74 Å². The van der Waals surface area contributed by atoms with Crippen molar-refractivity contribution in [1.29, 1.82) is 0 Å². The molecular formula is C18H31NO. The van der Waals surface area contributed by atoms with Crippen LogP contribution in [-0.4, -0.2) is 18.0 Å². The minimum Gasteiger partial charge on any atom is -0.474 e. The molecule has 2 saturated carbocycles. The van der Waals surface area contributed by atoms with Crippen molar-refractivity contribution in [1.82, 2.24) is 0 Å². The predicted molar refractivity (Wildman–Crippen MR) is 84.1 cm³/mol. The summed E-state index contributed by atoms with van der Waals surface area (Å²) in [4.78, 5) is 4.79. The van der Waals surface area contributed by atoms with E-state index in [0.717, 1.165) is 11.8 Å². The number of hydrogen-bond donors (Lipinski definition) is 0. The van der Waals surface area contributed by atoms with E-state index in [1.807, 2.05) is 6.40 Å². The van der Waals surface area contributed by atoms with Crippen molar-refractivity contribution in [2.75, 3.05) is 0 Å². The van der Waals surface area contributed by atoms with Crippen molar-refractivity contribution in [2.24, 2.45) is 22.7 Å². The summed E-state index contributed by atoms with van der Waals surface area (Å²) in [6.45, 7) is 4.66. The standard InChI is InChI=1S/C18H31NO/c1-14(2)17-18(20-13-19-17,15-9-5-3-6-10-15)16-11-7-4-8-12-16/h13-17H,3-12H2,1-2H3/t17-/m1/s1. The van der Waals surface area contributed by atoms with Crippen LogP contribution in [0.2, 0.25) is 0 Å². The second kappa shape index (κ2) is 6.07. The van der Waals surface area contributed by atoms with Gasteiger partial charge in [-0.25, -0.2) is 0 Å². The fourth-order valence-electron chi connectivity index (χ4n) is 5.18. The number of rotatable bonds is 3. The van der Waals surface area contributed by atoms with Crippen LogP contribution in [0.3, 0.4) is 0 Å². The highest BCUT2D eigenvalue weighted by molar-refractivity contribution is 5.52. The van der Waals surface area contributed by atoms with Crippen LogP contribution in [0.4, 0.5) is 0 Å². The summed E-state index contributed by atoms with van der Waals surface area (Å²) in [5, 5.41) is 0. The highest BCUT2D eigenvalue weighted by Crippen LogP contribution is 2.50. The molecule has 114 valence electrons. The first-order valence-corrected chi connectivity index (χ1v) is 8.94. The van der Waals surface area contributed by atoms with Gasteiger partial charge in [0.2, 0.25) is 0 Å². The smallest absolute Gasteiger partial charge is 0.170 e. The number of ether oxygens (including phenoxy) is 1. The summed E-state index contributed by atoms with van der Waals surface area (Å²) in [7, 11) is 0. The molecule has 0 unspecified atom stereocenters. The minimum atomic E-state index is 0.0506. The van der Waals surface area contributed by atoms with Crippen molar-refractivity contribution in [3.63, 3.8) is 0 Å². The van der Waals surface area contributed by atoms with Gasteiger partial charge in [0.1, 0.15) is 5.60 Å². The van der Waals surface area contributed by atoms with E-state index in [4.69, 9.17) is 9.73 Å². The molecule has 0 aromatic heterocycles. The molecule has 20 heavy (non-hydrogen) atoms. The van der Waals surface area contributed by atoms with E-state index in [1.165, 1.54) is 64.2 Å². The molecule has 0 radical (unpaired) electrons. The Hall–Kier alpha value is -0.530. The zero-order chi connectivity index (χ0) is 14.0. The Kier molecular flexibility index (Phi) is 4.37. The Morgan fingerprint density at radius 1 is 0.900 bits per heavy atom. The van der Waals surface area contributed by atoms with Gasteiger partial charge in [-0.05, 0) is 31.6 Å². The molecule has 3 rings (SSSR count). The SMILES string of the molecule is CC(C)[C@H]1N=COC1(C1CCCCC1)C1CCCCC1. The van der Waals surface area contributed by atoms with Gasteiger partial charge in [0, 0.05) is 11.8 Å². The molecule has 0 aromatic carbocycles. The maximum Gasteiger partial charge on any atom is 0.170 e. The van der Waals surface area contributed by atoms with E-state index < -0.39 is 0 Å². The summed E-state index contributed by atoms with van der Waals surface area (Å²) in [5.41, 5.74) is 0.0506. The van der Waals surface area contributed by atoms with Crippen molar-refractivity contribution in [3.05, 3.63) is 0 Å². The maximum absolute atomic E-state index is 6.40. The topological polar surface area (TPSA) is 21.6 Å². The quantitative estimate of drug-likeness (QED) is 0.713. The van der Waals surface area contributed by atoms with E-state index in [9.17, 15) is 0 Å². The molecule has 0 amide bonds. The van der Waals surface area contributed by atoms with Gasteiger partial charge in [-0.15, -0.1) is 0 Å². The Labute approximate surface area is 124 Å². The van der Waals surface area contributed by atoms with E-state index >= 15 is 0 Å². The lowest BCUT2D eigenvalue weighted by Gasteiger charge is -2.49. The Bertz CT molecular complexity index is 319. The summed E-state index contributed by atoms with van der Waals surface area (Å²) >= 11 is 0. The molecular weight excluding hydrogens is 246 g/mol. The van der Waals surface area contributed by atoms with Gasteiger partial charge in [0.05, 0.1) is 6.04 Å². The third kappa shape index (κ3) is 2.40. The first-order chi connectivity index (χ1) is 9.75. The molecule has 2 nitrogen and oxygen atoms in total. The van der Waals surface area contributed by atoms with Crippen LogP contribution in [0.25, 0.3) is 0 Å². The molecule has 1 heterocycles. The fraction of sp³-hybridized carbons (Fsp3) is 0.944. The van der Waals surface area contributed by atoms with Crippen LogP contribution in [0.5, 0.6) is 0 Å². The third-order valence-corrected chi connectivity index (χ3v) is 6.06. The van der Waals surface area contributed by atoms with Gasteiger partial charge in [-0.2, -0.15) is 0 Å². The minimum absolute atomic E-state index is 0.0506. The molecule has 0 spiro atoms. The van der Waals surface area contributed by atoms with Gasteiger partial charge in [-0.1, -0.05) is 52.4 Å². The summed E-state index contributed by atoms with van der Waals surface area (Å²) < 4.78 is 6.40. The van der Waals surface area contributed by atoms with E-state index in [2.05, 4.69) is 13.8 Å². The van der Waals surface area contributed by atoms with Crippen LogP contribution >= 0.6 is 0 Å². The highest BCUT2D eigenvalue weighted by Gasteiger charge is 2.55. The molecule has 2 heteroatoms. The van der Waals surface area contributed by atoms with Gasteiger partial charge in [-0.3, -0.25) is 4.99 Å². The first-order valence-electron chi connectivity index (χ1n) is 8.94. The van der Waals surface area contributed by atoms with Crippen molar-refractivity contribution >= 4 is 6.40 Å². The average Bonchev–Trinajstić information content (AvgIpc) is 2.95. The number of aliphatic imine (C=N–C) groups is 1. The van der Waals surface area contributed by atoms with E-state index in [1.54, 1.807) is 0 Å². The monoisotopic (exact) mass is 277 g/mol. The molecule has 0 N–H and O–H groups in total. The van der Waals surface area contributed by atoms with E-state index in [0.29, 0.717) is 12.0 Å². The lowest BCUT2D eigenvalue weighted by atomic mass is 9.61. The van der Waals surface area contributed by atoms with Gasteiger partial charge >= 0.3 is 0 Å². The Balaban J connectivity index is 1.89. The van der Waals surface area contributed by atoms with Crippen LogP contribution in [0.1, 0.15) is 78.1 Å². The predicted octanol–water partition coefficient (Wildman–Crippen LogP) is 4.97. The third-order valence-electron chi connectivity index (χ3n) is 6.06. The molecule has 0 bridgehead atoms. The average molecular weight is 277 g/mol. The zero-order valence-corrected chi connectivity index (χ0v) is 13.3. The normalized spacial score (nSPS) is 31.6. The summed E-state index contributed by atoms with van der Waals surface area (Å²) in [5.74, 6) is 2.08. The zero-order valence-electron chi connectivity index (χ0n) is 13.3. The Morgan fingerprint density at radius 3 is 1.85 bits per heavy atom. The van der Waals surface area contributed by atoms with Crippen LogP contribution < -0.4 is 0 Å². The molecule has 0 aromatic rings. The second-order valence-corrected chi connectivity index (χ2v) is 7.58. The lowest BCUT2D eigenvalue weighted by molar-refractivity contribution is -0.0852. The molecule has 3 aliphatic rings. The van der Waals surface area contributed by atoms with Crippen molar-refractivity contribution in [3.8, 4) is 0 Å². The Morgan fingerprint density at radius 2 is 1.40 bits per heavy atom. The van der Waals surface area contributed by atoms with Crippen LogP contribution in [-0.2, 0) is 4.74 Å². The first kappa shape index (κ1) is 14.4. The van der Waals surface area contributed by atoms with Crippen LogP contribution in [0, 0.1) is 17.8 Å². The molecule has 2 aliphatic carbocycles. The van der Waals surface area contributed by atoms with Crippen molar-refractivity contribution in [2.45, 2.75) is 89.7 Å². The molecule has 0 saturated heterocycles. The summed E-state index contributed by atoms with van der Waals surface area (Å²) in [6, 6.07) is 0.397. The highest BCUT2D eigenvalue weighted by atomic mass is 16.5. The van der Waals surface area contributed by atoms with Crippen LogP contribution in [0.15, 0.2) is 4.99 Å². The second-order valence-electron chi connectivity index (χ2n) is 7.58. The van der Waals surface area contributed by atoms with Gasteiger partial charge in [0.15, 0.2) is 6.40 Å². The van der Waals surface area contributed by atoms with Gasteiger partial charge in [0.25, 0.3) is 0 Å². The lowest BCUT2D eigenvalue weighted by Crippen LogP contribution is -2.55. The molecule has 1 atom stereocenters. The largest absolute Gasteiger partial charge is 0.474 e. The summed E-state index contributed by atoms with van der Waals surface area (Å²) in [6.07, 6.45) is 15.7. The fourth-order valence-corrected chi connectivity index (χ4v) is 5.18. The van der Waals surface area contributed by atoms with E-state index in [-0.39, 0.29) is 5.60 Å². The van der Waals surface area contributed by atoms with Crippen molar-refractivity contribution < 1.29 is 4.74 Å². The molecule has 1 aliphatic heterocycles.